The summed E-state index contributed by atoms with van der Waals surface area (Å²) in [6.07, 6.45) is 0. The van der Waals surface area contributed by atoms with Crippen LogP contribution in [0.2, 0.25) is 0 Å². The van der Waals surface area contributed by atoms with Gasteiger partial charge in [-0.2, -0.15) is 0 Å². The van der Waals surface area contributed by atoms with Crippen LogP contribution in [0.25, 0.3) is 11.1 Å². The zero-order valence-electron chi connectivity index (χ0n) is 17.8. The lowest BCUT2D eigenvalue weighted by atomic mass is 9.67. The van der Waals surface area contributed by atoms with Gasteiger partial charge in [-0.1, -0.05) is 48.5 Å². The Labute approximate surface area is 208 Å². The number of hydrogen-bond donors (Lipinski definition) is 3. The summed E-state index contributed by atoms with van der Waals surface area (Å²) in [6.45, 7) is 0. The summed E-state index contributed by atoms with van der Waals surface area (Å²) in [6, 6.07) is 24.2. The topological polar surface area (TPSA) is 90.7 Å². The van der Waals surface area contributed by atoms with Gasteiger partial charge >= 0.3 is 0 Å². The molecule has 5 nitrogen and oxygen atoms in total. The number of rotatable bonds is 4. The minimum Gasteiger partial charge on any atom is -0.504 e. The third kappa shape index (κ3) is 3.08. The highest BCUT2D eigenvalue weighted by atomic mass is 127. The van der Waals surface area contributed by atoms with Crippen molar-refractivity contribution in [1.82, 2.24) is 0 Å². The molecule has 0 amide bonds. The normalized spacial score (nSPS) is 13.3. The molecule has 1 unspecified atom stereocenters. The highest BCUT2D eigenvalue weighted by Gasteiger charge is 2.47. The third-order valence-corrected chi connectivity index (χ3v) is 7.21. The Bertz CT molecular complexity index is 1250. The molecule has 0 spiro atoms. The molecule has 0 aromatic heterocycles. The molecule has 33 heavy (non-hydrogen) atoms. The average molecular weight is 568 g/mol. The summed E-state index contributed by atoms with van der Waals surface area (Å²) >= 11 is 1.78. The Balaban J connectivity index is 1.97. The first-order valence-corrected chi connectivity index (χ1v) is 11.7. The molecular weight excluding hydrogens is 546 g/mol. The van der Waals surface area contributed by atoms with Gasteiger partial charge in [0.25, 0.3) is 0 Å². The minimum atomic E-state index is -0.756. The summed E-state index contributed by atoms with van der Waals surface area (Å²) in [5, 5.41) is 11.6. The van der Waals surface area contributed by atoms with Crippen molar-refractivity contribution in [2.75, 3.05) is 18.6 Å². The zero-order chi connectivity index (χ0) is 23.3. The van der Waals surface area contributed by atoms with Gasteiger partial charge in [-0.05, 0) is 57.6 Å². The van der Waals surface area contributed by atoms with Crippen LogP contribution in [0.4, 0.5) is 11.4 Å². The molecule has 1 atom stereocenters. The fourth-order valence-electron chi connectivity index (χ4n) is 5.09. The van der Waals surface area contributed by atoms with E-state index in [2.05, 4.69) is 33.5 Å². The van der Waals surface area contributed by atoms with E-state index < -0.39 is 5.41 Å². The third-order valence-electron chi connectivity index (χ3n) is 6.34. The molecule has 5 N–H and O–H groups in total. The lowest BCUT2D eigenvalue weighted by Crippen LogP contribution is -2.29. The molecule has 7 heteroatoms. The quantitative estimate of drug-likeness (QED) is 0.158. The van der Waals surface area contributed by atoms with Crippen molar-refractivity contribution in [3.05, 3.63) is 95.1 Å². The Kier molecular flexibility index (Phi) is 5.38. The van der Waals surface area contributed by atoms with Gasteiger partial charge in [0.1, 0.15) is 0 Å². The van der Waals surface area contributed by atoms with E-state index in [0.29, 0.717) is 22.9 Å². The van der Waals surface area contributed by atoms with E-state index in [1.165, 1.54) is 0 Å². The van der Waals surface area contributed by atoms with Gasteiger partial charge in [-0.3, -0.25) is 0 Å². The fourth-order valence-corrected chi connectivity index (χ4v) is 6.19. The van der Waals surface area contributed by atoms with Gasteiger partial charge in [0, 0.05) is 5.30 Å². The largest absolute Gasteiger partial charge is 0.504 e. The van der Waals surface area contributed by atoms with E-state index in [-0.39, 0.29) is 5.75 Å². The molecule has 4 aromatic rings. The van der Waals surface area contributed by atoms with Crippen LogP contribution in [0.3, 0.4) is 0 Å². The second kappa shape index (κ2) is 8.12. The molecule has 0 radical (unpaired) electrons. The number of aromatic hydroxyl groups is 1. The molecule has 5 rings (SSSR count). The van der Waals surface area contributed by atoms with Crippen LogP contribution in [-0.4, -0.2) is 12.2 Å². The van der Waals surface area contributed by atoms with Gasteiger partial charge in [-0.15, -0.1) is 9.24 Å². The van der Waals surface area contributed by atoms with Gasteiger partial charge in [0.05, 0.1) is 23.9 Å². The van der Waals surface area contributed by atoms with Gasteiger partial charge in [0.2, 0.25) is 0 Å². The number of phenols is 1. The molecule has 0 fully saturated rings. The highest BCUT2D eigenvalue weighted by Crippen LogP contribution is 2.57. The van der Waals surface area contributed by atoms with Gasteiger partial charge in [-0.25, -0.2) is 0 Å². The molecule has 0 heterocycles. The summed E-state index contributed by atoms with van der Waals surface area (Å²) < 4.78 is 10.8. The van der Waals surface area contributed by atoms with E-state index in [4.69, 9.17) is 19.3 Å². The van der Waals surface area contributed by atoms with E-state index in [9.17, 15) is 5.11 Å². The van der Waals surface area contributed by atoms with Crippen molar-refractivity contribution in [3.8, 4) is 28.4 Å². The number of halogens is 1. The molecular formula is C26H22IN2O3P. The standard InChI is InChI=1S/C26H22IN2O3P/c1-31-24-20(28)10-14(11-21(24)29)26(15-12-22(30)25(32-27)23(33)13-15)18-8-4-2-6-16(18)17-7-3-5-9-19(17)26/h2-13,30H,28-29,33H2,1H3. The SMILES string of the molecule is COc1c(N)cc(C2(c3cc(O)c(OI)c(P)c3)c3ccccc3-c3ccccc32)cc1N. The predicted octanol–water partition coefficient (Wildman–Crippen LogP) is 5.16. The van der Waals surface area contributed by atoms with Crippen LogP contribution in [0.1, 0.15) is 22.3 Å². The second-order valence-electron chi connectivity index (χ2n) is 8.02. The first-order chi connectivity index (χ1) is 15.9. The van der Waals surface area contributed by atoms with E-state index >= 15 is 0 Å². The number of fused-ring (bicyclic) bond motifs is 3. The van der Waals surface area contributed by atoms with Crippen molar-refractivity contribution >= 4 is 48.9 Å². The number of hydrogen-bond acceptors (Lipinski definition) is 5. The maximum absolute atomic E-state index is 10.9. The average Bonchev–Trinajstić information content (AvgIpc) is 3.10. The predicted molar refractivity (Wildman–Crippen MR) is 145 cm³/mol. The van der Waals surface area contributed by atoms with Crippen LogP contribution < -0.4 is 24.6 Å². The Morgan fingerprint density at radius 1 is 0.818 bits per heavy atom. The van der Waals surface area contributed by atoms with Gasteiger partial charge < -0.3 is 24.4 Å². The molecule has 0 saturated heterocycles. The van der Waals surface area contributed by atoms with E-state index in [1.54, 1.807) is 36.2 Å². The highest BCUT2D eigenvalue weighted by molar-refractivity contribution is 14.1. The summed E-state index contributed by atoms with van der Waals surface area (Å²) in [7, 11) is 4.21. The van der Waals surface area contributed by atoms with Crippen LogP contribution in [0.15, 0.2) is 72.8 Å². The zero-order valence-corrected chi connectivity index (χ0v) is 21.1. The molecule has 0 bridgehead atoms. The van der Waals surface area contributed by atoms with Crippen LogP contribution in [0.5, 0.6) is 17.2 Å². The van der Waals surface area contributed by atoms with Crippen molar-refractivity contribution in [3.63, 3.8) is 0 Å². The fraction of sp³-hybridized carbons (Fsp3) is 0.0769. The molecule has 1 aliphatic carbocycles. The number of methoxy groups -OCH3 is 1. The Morgan fingerprint density at radius 3 is 1.82 bits per heavy atom. The molecule has 4 aromatic carbocycles. The lowest BCUT2D eigenvalue weighted by molar-refractivity contribution is 0.419. The summed E-state index contributed by atoms with van der Waals surface area (Å²) in [5.74, 6) is 0.923. The van der Waals surface area contributed by atoms with Crippen molar-refractivity contribution in [1.29, 1.82) is 0 Å². The summed E-state index contributed by atoms with van der Waals surface area (Å²) in [5.41, 5.74) is 19.2. The number of benzene rings is 4. The lowest BCUT2D eigenvalue weighted by Gasteiger charge is -2.35. The summed E-state index contributed by atoms with van der Waals surface area (Å²) in [4.78, 5) is 0. The van der Waals surface area contributed by atoms with Crippen LogP contribution >= 0.6 is 32.2 Å². The Morgan fingerprint density at radius 2 is 1.33 bits per heavy atom. The first-order valence-electron chi connectivity index (χ1n) is 10.3. The molecule has 0 aliphatic heterocycles. The first kappa shape index (κ1) is 21.9. The maximum Gasteiger partial charge on any atom is 0.192 e. The minimum absolute atomic E-state index is 0.0580. The maximum atomic E-state index is 10.9. The van der Waals surface area contributed by atoms with Crippen molar-refractivity contribution in [2.24, 2.45) is 0 Å². The monoisotopic (exact) mass is 568 g/mol. The Hall–Kier alpha value is -2.96. The van der Waals surface area contributed by atoms with E-state index in [0.717, 1.165) is 38.7 Å². The van der Waals surface area contributed by atoms with Crippen LogP contribution in [-0.2, 0) is 5.41 Å². The molecule has 1 aliphatic rings. The molecule has 166 valence electrons. The van der Waals surface area contributed by atoms with Crippen molar-refractivity contribution < 1.29 is 12.9 Å². The van der Waals surface area contributed by atoms with Crippen molar-refractivity contribution in [2.45, 2.75) is 5.41 Å². The smallest absolute Gasteiger partial charge is 0.192 e. The van der Waals surface area contributed by atoms with Gasteiger partial charge in [0.15, 0.2) is 40.3 Å². The van der Waals surface area contributed by atoms with Crippen LogP contribution in [0, 0.1) is 0 Å². The number of ether oxygens (including phenoxy) is 1. The molecule has 0 saturated carbocycles. The van der Waals surface area contributed by atoms with E-state index in [1.807, 2.05) is 42.5 Å². The number of nitrogens with two attached hydrogens (primary N) is 2. The second-order valence-corrected chi connectivity index (χ2v) is 9.08. The number of nitrogen functional groups attached to an aromatic ring is 2. The number of phenolic OH excluding ortho intramolecular Hbond substituents is 1. The number of anilines is 2.